The number of aryl methyl sites for hydroxylation is 2. The van der Waals surface area contributed by atoms with E-state index in [9.17, 15) is 0 Å². The fourth-order valence-corrected chi connectivity index (χ4v) is 5.20. The van der Waals surface area contributed by atoms with E-state index in [-0.39, 0.29) is 0 Å². The van der Waals surface area contributed by atoms with E-state index in [4.69, 9.17) is 0 Å². The Morgan fingerprint density at radius 2 is 0.867 bits per heavy atom. The number of halogens is 2. The third-order valence-corrected chi connectivity index (χ3v) is 7.52. The summed E-state index contributed by atoms with van der Waals surface area (Å²) in [5, 5.41) is 0. The fraction of sp³-hybridized carbons (Fsp3) is 0.571. The minimum absolute atomic E-state index is 1.17. The van der Waals surface area contributed by atoms with Crippen LogP contribution in [-0.4, -0.2) is 0 Å². The van der Waals surface area contributed by atoms with Crippen LogP contribution >= 0.6 is 31.9 Å². The number of rotatable bonds is 15. The number of hydrogen-bond acceptors (Lipinski definition) is 0. The maximum atomic E-state index is 3.82. The Labute approximate surface area is 202 Å². The molecule has 2 aromatic rings. The molecule has 0 spiro atoms. The SMILES string of the molecule is CCCCCCCCc1ccc(-c2ccc(CCCCCCCC)c(Br)c2)cc1Br. The molecule has 0 nitrogen and oxygen atoms in total. The second-order valence-corrected chi connectivity index (χ2v) is 10.4. The van der Waals surface area contributed by atoms with Crippen LogP contribution in [0.2, 0.25) is 0 Å². The molecule has 0 radical (unpaired) electrons. The van der Waals surface area contributed by atoms with E-state index in [2.05, 4.69) is 82.1 Å². The van der Waals surface area contributed by atoms with Gasteiger partial charge in [0, 0.05) is 8.95 Å². The maximum Gasteiger partial charge on any atom is 0.0213 e. The van der Waals surface area contributed by atoms with Crippen LogP contribution in [0.5, 0.6) is 0 Å². The molecule has 2 rings (SSSR count). The van der Waals surface area contributed by atoms with Gasteiger partial charge in [0.1, 0.15) is 0 Å². The highest BCUT2D eigenvalue weighted by molar-refractivity contribution is 9.10. The third kappa shape index (κ3) is 9.27. The van der Waals surface area contributed by atoms with Gasteiger partial charge in [0.15, 0.2) is 0 Å². The van der Waals surface area contributed by atoms with E-state index in [1.807, 2.05) is 0 Å². The van der Waals surface area contributed by atoms with E-state index in [1.165, 1.54) is 121 Å². The van der Waals surface area contributed by atoms with Crippen molar-refractivity contribution in [1.29, 1.82) is 0 Å². The van der Waals surface area contributed by atoms with E-state index in [0.717, 1.165) is 0 Å². The molecular formula is C28H40Br2. The van der Waals surface area contributed by atoms with Gasteiger partial charge in [-0.2, -0.15) is 0 Å². The lowest BCUT2D eigenvalue weighted by molar-refractivity contribution is 0.607. The Kier molecular flexibility index (Phi) is 13.0. The first-order chi connectivity index (χ1) is 14.7. The topological polar surface area (TPSA) is 0 Å². The number of benzene rings is 2. The van der Waals surface area contributed by atoms with E-state index in [1.54, 1.807) is 0 Å². The summed E-state index contributed by atoms with van der Waals surface area (Å²) in [5.41, 5.74) is 5.46. The van der Waals surface area contributed by atoms with Crippen LogP contribution in [0.15, 0.2) is 45.3 Å². The summed E-state index contributed by atoms with van der Waals surface area (Å²) in [5.74, 6) is 0. The van der Waals surface area contributed by atoms with Gasteiger partial charge in [0.2, 0.25) is 0 Å². The standard InChI is InChI=1S/C28H40Br2/c1-3-5-7-9-11-13-15-23-17-19-25(21-27(23)29)26-20-18-24(28(30)22-26)16-14-12-10-8-6-4-2/h17-22H,3-16H2,1-2H3. The first-order valence-corrected chi connectivity index (χ1v) is 13.8. The molecule has 0 fully saturated rings. The molecule has 30 heavy (non-hydrogen) atoms. The van der Waals surface area contributed by atoms with Crippen LogP contribution in [0.1, 0.15) is 102 Å². The minimum Gasteiger partial charge on any atom is -0.0654 e. The molecule has 0 unspecified atom stereocenters. The highest BCUT2D eigenvalue weighted by atomic mass is 79.9. The molecule has 0 aliphatic carbocycles. The van der Waals surface area contributed by atoms with Crippen molar-refractivity contribution in [3.8, 4) is 11.1 Å². The van der Waals surface area contributed by atoms with Gasteiger partial charge in [0.25, 0.3) is 0 Å². The van der Waals surface area contributed by atoms with Gasteiger partial charge in [0.05, 0.1) is 0 Å². The molecule has 0 bridgehead atoms. The lowest BCUT2D eigenvalue weighted by atomic mass is 9.98. The molecule has 166 valence electrons. The Balaban J connectivity index is 1.86. The largest absolute Gasteiger partial charge is 0.0654 e. The van der Waals surface area contributed by atoms with Crippen molar-refractivity contribution in [1.82, 2.24) is 0 Å². The van der Waals surface area contributed by atoms with Crippen LogP contribution in [0, 0.1) is 0 Å². The highest BCUT2D eigenvalue weighted by Crippen LogP contribution is 2.31. The summed E-state index contributed by atoms with van der Waals surface area (Å²) in [6.07, 6.45) is 18.6. The molecule has 0 heterocycles. The first kappa shape index (κ1) is 25.7. The summed E-state index contributed by atoms with van der Waals surface area (Å²) >= 11 is 7.64. The Bertz CT molecular complexity index is 672. The second-order valence-electron chi connectivity index (χ2n) is 8.65. The van der Waals surface area contributed by atoms with E-state index < -0.39 is 0 Å². The van der Waals surface area contributed by atoms with Crippen LogP contribution in [-0.2, 0) is 12.8 Å². The van der Waals surface area contributed by atoms with Crippen molar-refractivity contribution in [2.75, 3.05) is 0 Å². The van der Waals surface area contributed by atoms with Gasteiger partial charge in [-0.3, -0.25) is 0 Å². The Morgan fingerprint density at radius 3 is 1.23 bits per heavy atom. The molecule has 0 amide bonds. The zero-order chi connectivity index (χ0) is 21.6. The highest BCUT2D eigenvalue weighted by Gasteiger charge is 2.07. The molecule has 0 aromatic heterocycles. The van der Waals surface area contributed by atoms with Gasteiger partial charge in [-0.05, 0) is 60.1 Å². The molecule has 0 saturated carbocycles. The predicted octanol–water partition coefficient (Wildman–Crippen LogP) is 10.7. The molecule has 0 atom stereocenters. The lowest BCUT2D eigenvalue weighted by Crippen LogP contribution is -1.91. The third-order valence-electron chi connectivity index (χ3n) is 6.04. The fourth-order valence-electron chi connectivity index (χ4n) is 4.05. The van der Waals surface area contributed by atoms with Gasteiger partial charge in [-0.1, -0.05) is 134 Å². The molecule has 0 saturated heterocycles. The Hall–Kier alpha value is -0.600. The predicted molar refractivity (Wildman–Crippen MR) is 141 cm³/mol. The zero-order valence-corrected chi connectivity index (χ0v) is 22.3. The summed E-state index contributed by atoms with van der Waals surface area (Å²) < 4.78 is 2.50. The average Bonchev–Trinajstić information content (AvgIpc) is 2.75. The molecular weight excluding hydrogens is 496 g/mol. The monoisotopic (exact) mass is 534 g/mol. The quantitative estimate of drug-likeness (QED) is 0.199. The lowest BCUT2D eigenvalue weighted by Gasteiger charge is -2.11. The van der Waals surface area contributed by atoms with Crippen LogP contribution in [0.25, 0.3) is 11.1 Å². The molecule has 0 aliphatic heterocycles. The number of hydrogen-bond donors (Lipinski definition) is 0. The first-order valence-electron chi connectivity index (χ1n) is 12.2. The molecule has 0 N–H and O–H groups in total. The summed E-state index contributed by atoms with van der Waals surface area (Å²) in [6, 6.07) is 13.8. The molecule has 0 aliphatic rings. The Morgan fingerprint density at radius 1 is 0.500 bits per heavy atom. The van der Waals surface area contributed by atoms with Crippen molar-refractivity contribution < 1.29 is 0 Å². The van der Waals surface area contributed by atoms with Crippen molar-refractivity contribution in [2.45, 2.75) is 104 Å². The second kappa shape index (κ2) is 15.2. The van der Waals surface area contributed by atoms with Crippen LogP contribution in [0.4, 0.5) is 0 Å². The van der Waals surface area contributed by atoms with Crippen molar-refractivity contribution in [3.63, 3.8) is 0 Å². The normalized spacial score (nSPS) is 11.2. The number of unbranched alkanes of at least 4 members (excludes halogenated alkanes) is 10. The summed E-state index contributed by atoms with van der Waals surface area (Å²) in [4.78, 5) is 0. The molecule has 2 heteroatoms. The van der Waals surface area contributed by atoms with Crippen molar-refractivity contribution in [2.24, 2.45) is 0 Å². The van der Waals surface area contributed by atoms with Gasteiger partial charge in [-0.25, -0.2) is 0 Å². The van der Waals surface area contributed by atoms with Gasteiger partial charge in [-0.15, -0.1) is 0 Å². The molecule has 2 aromatic carbocycles. The van der Waals surface area contributed by atoms with Crippen LogP contribution < -0.4 is 0 Å². The van der Waals surface area contributed by atoms with Gasteiger partial charge < -0.3 is 0 Å². The van der Waals surface area contributed by atoms with Crippen molar-refractivity contribution in [3.05, 3.63) is 56.5 Å². The van der Waals surface area contributed by atoms with E-state index in [0.29, 0.717) is 0 Å². The average molecular weight is 536 g/mol. The van der Waals surface area contributed by atoms with Crippen LogP contribution in [0.3, 0.4) is 0 Å². The summed E-state index contributed by atoms with van der Waals surface area (Å²) in [7, 11) is 0. The van der Waals surface area contributed by atoms with Crippen molar-refractivity contribution >= 4 is 31.9 Å². The van der Waals surface area contributed by atoms with Gasteiger partial charge >= 0.3 is 0 Å². The minimum atomic E-state index is 1.17. The zero-order valence-electron chi connectivity index (χ0n) is 19.1. The van der Waals surface area contributed by atoms with E-state index >= 15 is 0 Å². The summed E-state index contributed by atoms with van der Waals surface area (Å²) in [6.45, 7) is 4.56. The maximum absolute atomic E-state index is 3.82. The smallest absolute Gasteiger partial charge is 0.0213 e.